The Kier molecular flexibility index (Phi) is 7.76. The Bertz CT molecular complexity index is 1320. The molecule has 0 bridgehead atoms. The highest BCUT2D eigenvalue weighted by molar-refractivity contribution is 7.99. The Morgan fingerprint density at radius 2 is 1.88 bits per heavy atom. The van der Waals surface area contributed by atoms with Gasteiger partial charge < -0.3 is 9.64 Å². The van der Waals surface area contributed by atoms with Crippen LogP contribution in [0.4, 0.5) is 0 Å². The van der Waals surface area contributed by atoms with Gasteiger partial charge in [-0.1, -0.05) is 42.1 Å². The van der Waals surface area contributed by atoms with Gasteiger partial charge in [-0.25, -0.2) is 9.67 Å². The Morgan fingerprint density at radius 3 is 2.68 bits per heavy atom. The maximum absolute atomic E-state index is 13.0. The van der Waals surface area contributed by atoms with Crippen molar-refractivity contribution in [3.63, 3.8) is 0 Å². The SMILES string of the molecule is COCCCn1c(SCC(=O)N(C)Cc2cnn(-c3ccccc3)c2)nc2ccccc2c1=O. The van der Waals surface area contributed by atoms with Crippen LogP contribution in [0.1, 0.15) is 12.0 Å². The molecule has 34 heavy (non-hydrogen) atoms. The predicted molar refractivity (Wildman–Crippen MR) is 133 cm³/mol. The van der Waals surface area contributed by atoms with Crippen LogP contribution >= 0.6 is 11.8 Å². The minimum absolute atomic E-state index is 0.0525. The fourth-order valence-electron chi connectivity index (χ4n) is 3.58. The third-order valence-electron chi connectivity index (χ3n) is 5.38. The number of hydrogen-bond donors (Lipinski definition) is 0. The van der Waals surface area contributed by atoms with Gasteiger partial charge >= 0.3 is 0 Å². The average Bonchev–Trinajstić information content (AvgIpc) is 3.33. The summed E-state index contributed by atoms with van der Waals surface area (Å²) in [6.07, 6.45) is 4.37. The molecule has 8 nitrogen and oxygen atoms in total. The van der Waals surface area contributed by atoms with Crippen LogP contribution in [0.5, 0.6) is 0 Å². The van der Waals surface area contributed by atoms with Gasteiger partial charge in [-0.15, -0.1) is 0 Å². The summed E-state index contributed by atoms with van der Waals surface area (Å²) in [6.45, 7) is 1.47. The molecule has 0 spiro atoms. The van der Waals surface area contributed by atoms with Crippen molar-refractivity contribution in [2.75, 3.05) is 26.5 Å². The zero-order valence-corrected chi connectivity index (χ0v) is 20.1. The van der Waals surface area contributed by atoms with Crippen LogP contribution in [0, 0.1) is 0 Å². The van der Waals surface area contributed by atoms with Crippen molar-refractivity contribution in [2.24, 2.45) is 0 Å². The van der Waals surface area contributed by atoms with E-state index in [9.17, 15) is 9.59 Å². The van der Waals surface area contributed by atoms with Crippen molar-refractivity contribution < 1.29 is 9.53 Å². The summed E-state index contributed by atoms with van der Waals surface area (Å²) >= 11 is 1.28. The number of aromatic nitrogens is 4. The molecule has 0 radical (unpaired) electrons. The van der Waals surface area contributed by atoms with E-state index < -0.39 is 0 Å². The molecular weight excluding hydrogens is 450 g/mol. The molecule has 1 amide bonds. The zero-order valence-electron chi connectivity index (χ0n) is 19.3. The maximum atomic E-state index is 13.0. The first-order valence-corrected chi connectivity index (χ1v) is 12.0. The normalized spacial score (nSPS) is 11.1. The highest BCUT2D eigenvalue weighted by atomic mass is 32.2. The molecule has 4 rings (SSSR count). The number of carbonyl (C=O) groups excluding carboxylic acids is 1. The highest BCUT2D eigenvalue weighted by Crippen LogP contribution is 2.19. The first-order valence-electron chi connectivity index (χ1n) is 11.0. The summed E-state index contributed by atoms with van der Waals surface area (Å²) in [5.41, 5.74) is 2.43. The molecule has 0 atom stereocenters. The molecule has 0 saturated carbocycles. The smallest absolute Gasteiger partial charge is 0.262 e. The van der Waals surface area contributed by atoms with Crippen LogP contribution in [0.25, 0.3) is 16.6 Å². The minimum atomic E-state index is -0.0988. The molecular formula is C25H27N5O3S. The van der Waals surface area contributed by atoms with Crippen molar-refractivity contribution in [1.82, 2.24) is 24.2 Å². The van der Waals surface area contributed by atoms with Crippen molar-refractivity contribution in [3.05, 3.63) is 82.9 Å². The summed E-state index contributed by atoms with van der Waals surface area (Å²) in [6, 6.07) is 17.1. The molecule has 0 unspecified atom stereocenters. The standard InChI is InChI=1S/C25H27N5O3S/c1-28(16-19-15-26-30(17-19)20-9-4-3-5-10-20)23(31)18-34-25-27-22-12-7-6-11-21(22)24(32)29(25)13-8-14-33-2/h3-7,9-12,15,17H,8,13-14,16,18H2,1-2H3. The second-order valence-corrected chi connectivity index (χ2v) is 8.82. The van der Waals surface area contributed by atoms with E-state index in [0.717, 1.165) is 11.3 Å². The van der Waals surface area contributed by atoms with Crippen LogP contribution in [-0.4, -0.2) is 56.7 Å². The quantitative estimate of drug-likeness (QED) is 0.198. The van der Waals surface area contributed by atoms with Gasteiger partial charge in [0.05, 0.1) is 28.5 Å². The Hall–Kier alpha value is -3.43. The van der Waals surface area contributed by atoms with Crippen LogP contribution in [-0.2, 0) is 22.6 Å². The summed E-state index contributed by atoms with van der Waals surface area (Å²) in [5.74, 6) is 0.126. The number of carbonyl (C=O) groups is 1. The Morgan fingerprint density at radius 1 is 1.12 bits per heavy atom. The van der Waals surface area contributed by atoms with Crippen LogP contribution in [0.3, 0.4) is 0 Å². The van der Waals surface area contributed by atoms with Gasteiger partial charge in [0, 0.05) is 45.6 Å². The van der Waals surface area contributed by atoms with Crippen molar-refractivity contribution >= 4 is 28.6 Å². The second-order valence-electron chi connectivity index (χ2n) is 7.88. The molecule has 2 aromatic carbocycles. The largest absolute Gasteiger partial charge is 0.385 e. The number of thioether (sulfide) groups is 1. The van der Waals surface area contributed by atoms with Crippen molar-refractivity contribution in [2.45, 2.75) is 24.7 Å². The lowest BCUT2D eigenvalue weighted by atomic mass is 10.2. The average molecular weight is 478 g/mol. The molecule has 2 heterocycles. The van der Waals surface area contributed by atoms with Crippen LogP contribution < -0.4 is 5.56 Å². The third kappa shape index (κ3) is 5.55. The lowest BCUT2D eigenvalue weighted by molar-refractivity contribution is -0.127. The van der Waals surface area contributed by atoms with E-state index in [2.05, 4.69) is 10.1 Å². The number of para-hydroxylation sites is 2. The number of hydrogen-bond acceptors (Lipinski definition) is 6. The van der Waals surface area contributed by atoms with E-state index in [0.29, 0.717) is 42.2 Å². The summed E-state index contributed by atoms with van der Waals surface area (Å²) in [7, 11) is 3.40. The third-order valence-corrected chi connectivity index (χ3v) is 6.34. The fourth-order valence-corrected chi connectivity index (χ4v) is 4.55. The molecule has 176 valence electrons. The summed E-state index contributed by atoms with van der Waals surface area (Å²) in [4.78, 5) is 32.2. The molecule has 2 aromatic heterocycles. The van der Waals surface area contributed by atoms with E-state index in [4.69, 9.17) is 4.74 Å². The zero-order chi connectivity index (χ0) is 23.9. The lowest BCUT2D eigenvalue weighted by Crippen LogP contribution is -2.29. The second kappa shape index (κ2) is 11.1. The number of benzene rings is 2. The van der Waals surface area contributed by atoms with Gasteiger partial charge in [0.25, 0.3) is 5.56 Å². The molecule has 0 aliphatic carbocycles. The Labute approximate surface area is 202 Å². The monoisotopic (exact) mass is 477 g/mol. The lowest BCUT2D eigenvalue weighted by Gasteiger charge is -2.17. The Balaban J connectivity index is 1.44. The molecule has 0 N–H and O–H groups in total. The van der Waals surface area contributed by atoms with Crippen molar-refractivity contribution in [1.29, 1.82) is 0 Å². The number of nitrogens with zero attached hydrogens (tertiary/aromatic N) is 5. The van der Waals surface area contributed by atoms with Gasteiger partial charge in [0.2, 0.25) is 5.91 Å². The van der Waals surface area contributed by atoms with Crippen LogP contribution in [0.2, 0.25) is 0 Å². The van der Waals surface area contributed by atoms with E-state index in [-0.39, 0.29) is 17.2 Å². The van der Waals surface area contributed by atoms with E-state index in [1.165, 1.54) is 11.8 Å². The molecule has 0 saturated heterocycles. The first kappa shape index (κ1) is 23.7. The first-order chi connectivity index (χ1) is 16.6. The minimum Gasteiger partial charge on any atom is -0.385 e. The van der Waals surface area contributed by atoms with Gasteiger partial charge in [-0.3, -0.25) is 14.2 Å². The van der Waals surface area contributed by atoms with Gasteiger partial charge in [-0.05, 0) is 30.7 Å². The highest BCUT2D eigenvalue weighted by Gasteiger charge is 2.16. The molecule has 0 fully saturated rings. The number of fused-ring (bicyclic) bond motifs is 1. The van der Waals surface area contributed by atoms with Crippen molar-refractivity contribution in [3.8, 4) is 5.69 Å². The maximum Gasteiger partial charge on any atom is 0.262 e. The fraction of sp³-hybridized carbons (Fsp3) is 0.280. The molecule has 4 aromatic rings. The van der Waals surface area contributed by atoms with E-state index in [1.54, 1.807) is 40.6 Å². The molecule has 9 heteroatoms. The summed E-state index contributed by atoms with van der Waals surface area (Å²) < 4.78 is 8.57. The van der Waals surface area contributed by atoms with Gasteiger partial charge in [-0.2, -0.15) is 5.10 Å². The topological polar surface area (TPSA) is 82.2 Å². The van der Waals surface area contributed by atoms with Crippen LogP contribution in [0.15, 0.2) is 76.9 Å². The van der Waals surface area contributed by atoms with E-state index >= 15 is 0 Å². The number of methoxy groups -OCH3 is 1. The molecule has 0 aliphatic rings. The predicted octanol–water partition coefficient (Wildman–Crippen LogP) is 3.37. The number of rotatable bonds is 10. The summed E-state index contributed by atoms with van der Waals surface area (Å²) in [5, 5.41) is 5.51. The molecule has 0 aliphatic heterocycles. The number of amides is 1. The van der Waals surface area contributed by atoms with Gasteiger partial charge in [0.15, 0.2) is 5.16 Å². The van der Waals surface area contributed by atoms with Gasteiger partial charge in [0.1, 0.15) is 0 Å². The number of ether oxygens (including phenoxy) is 1. The van der Waals surface area contributed by atoms with E-state index in [1.807, 2.05) is 54.7 Å².